The molecule has 0 aromatic carbocycles. The van der Waals surface area contributed by atoms with Crippen LogP contribution in [-0.2, 0) is 16.0 Å². The van der Waals surface area contributed by atoms with Crippen LogP contribution in [0.2, 0.25) is 0 Å². The summed E-state index contributed by atoms with van der Waals surface area (Å²) in [5.41, 5.74) is 0. The Kier molecular flexibility index (Phi) is 2.86. The number of hydrogen-bond donors (Lipinski definition) is 0. The van der Waals surface area contributed by atoms with Gasteiger partial charge in [0.05, 0.1) is 13.2 Å². The fraction of sp³-hybridized carbons (Fsp3) is 0.600. The summed E-state index contributed by atoms with van der Waals surface area (Å²) >= 11 is 2.30. The largest absolute Gasteiger partial charge is 0.350 e. The Bertz CT molecular complexity index is 322. The summed E-state index contributed by atoms with van der Waals surface area (Å²) in [4.78, 5) is 0. The Balaban J connectivity index is 1.94. The van der Waals surface area contributed by atoms with Crippen LogP contribution in [0.1, 0.15) is 13.8 Å². The Morgan fingerprint density at radius 3 is 2.93 bits per heavy atom. The third kappa shape index (κ3) is 2.49. The van der Waals surface area contributed by atoms with E-state index in [-0.39, 0.29) is 6.10 Å². The van der Waals surface area contributed by atoms with Crippen LogP contribution in [0.25, 0.3) is 0 Å². The second kappa shape index (κ2) is 3.83. The molecule has 3 nitrogen and oxygen atoms in total. The van der Waals surface area contributed by atoms with Crippen LogP contribution in [-0.4, -0.2) is 23.1 Å². The van der Waals surface area contributed by atoms with Crippen LogP contribution in [0, 0.1) is 3.57 Å². The van der Waals surface area contributed by atoms with Crippen molar-refractivity contribution in [1.29, 1.82) is 0 Å². The maximum absolute atomic E-state index is 5.72. The second-order valence-corrected chi connectivity index (χ2v) is 5.22. The highest BCUT2D eigenvalue weighted by atomic mass is 127. The Morgan fingerprint density at radius 2 is 2.43 bits per heavy atom. The first-order chi connectivity index (χ1) is 6.55. The number of rotatable bonds is 2. The number of ether oxygens (including phenoxy) is 2. The van der Waals surface area contributed by atoms with Crippen molar-refractivity contribution in [3.05, 3.63) is 22.0 Å². The number of halogens is 1. The molecule has 78 valence electrons. The molecule has 4 heteroatoms. The molecule has 1 unspecified atom stereocenters. The molecule has 0 amide bonds. The molecule has 1 saturated heterocycles. The van der Waals surface area contributed by atoms with E-state index < -0.39 is 5.79 Å². The molecule has 1 fully saturated rings. The topological polar surface area (TPSA) is 23.4 Å². The van der Waals surface area contributed by atoms with E-state index >= 15 is 0 Å². The molecule has 0 aliphatic carbocycles. The SMILES string of the molecule is CC1(C)OCC(Cn2ccc(I)c2)O1. The van der Waals surface area contributed by atoms with Crippen LogP contribution in [0.4, 0.5) is 0 Å². The molecule has 1 aromatic rings. The predicted molar refractivity (Wildman–Crippen MR) is 62.1 cm³/mol. The standard InChI is InChI=1S/C10H14INO2/c1-10(2)13-7-9(14-10)6-12-4-3-8(11)5-12/h3-5,9H,6-7H2,1-2H3. The molecule has 0 N–H and O–H groups in total. The first-order valence-electron chi connectivity index (χ1n) is 4.68. The van der Waals surface area contributed by atoms with Gasteiger partial charge in [-0.1, -0.05) is 0 Å². The molecule has 14 heavy (non-hydrogen) atoms. The van der Waals surface area contributed by atoms with Crippen molar-refractivity contribution < 1.29 is 9.47 Å². The van der Waals surface area contributed by atoms with Gasteiger partial charge >= 0.3 is 0 Å². The van der Waals surface area contributed by atoms with Crippen molar-refractivity contribution in [3.63, 3.8) is 0 Å². The highest BCUT2D eigenvalue weighted by Gasteiger charge is 2.32. The zero-order valence-corrected chi connectivity index (χ0v) is 10.5. The predicted octanol–water partition coefficient (Wildman–Crippen LogP) is 2.24. The van der Waals surface area contributed by atoms with Crippen LogP contribution >= 0.6 is 22.6 Å². The monoisotopic (exact) mass is 307 g/mol. The van der Waals surface area contributed by atoms with E-state index in [9.17, 15) is 0 Å². The average molecular weight is 307 g/mol. The Hall–Kier alpha value is -0.0700. The van der Waals surface area contributed by atoms with E-state index in [1.54, 1.807) is 0 Å². The minimum absolute atomic E-state index is 0.174. The van der Waals surface area contributed by atoms with Gasteiger partial charge in [0.25, 0.3) is 0 Å². The molecule has 0 saturated carbocycles. The van der Waals surface area contributed by atoms with E-state index in [0.29, 0.717) is 6.61 Å². The Morgan fingerprint density at radius 1 is 1.64 bits per heavy atom. The molecule has 1 atom stereocenters. The third-order valence-electron chi connectivity index (χ3n) is 2.20. The van der Waals surface area contributed by atoms with Crippen LogP contribution < -0.4 is 0 Å². The van der Waals surface area contributed by atoms with Crippen molar-refractivity contribution in [3.8, 4) is 0 Å². The molecule has 0 bridgehead atoms. The summed E-state index contributed by atoms with van der Waals surface area (Å²) in [6.07, 6.45) is 4.35. The lowest BCUT2D eigenvalue weighted by molar-refractivity contribution is -0.139. The summed E-state index contributed by atoms with van der Waals surface area (Å²) < 4.78 is 14.6. The lowest BCUT2D eigenvalue weighted by Crippen LogP contribution is -2.23. The van der Waals surface area contributed by atoms with E-state index in [0.717, 1.165) is 6.54 Å². The number of hydrogen-bond acceptors (Lipinski definition) is 2. The lowest BCUT2D eigenvalue weighted by Gasteiger charge is -2.17. The fourth-order valence-electron chi connectivity index (χ4n) is 1.61. The van der Waals surface area contributed by atoms with Gasteiger partial charge in [0.1, 0.15) is 6.10 Å². The molecule has 1 aliphatic rings. The van der Waals surface area contributed by atoms with Crippen LogP contribution in [0.5, 0.6) is 0 Å². The Labute approximate surface area is 97.5 Å². The second-order valence-electron chi connectivity index (χ2n) is 3.98. The minimum atomic E-state index is -0.412. The average Bonchev–Trinajstić information content (AvgIpc) is 2.59. The molecule has 2 heterocycles. The van der Waals surface area contributed by atoms with Crippen molar-refractivity contribution >= 4 is 22.6 Å². The first kappa shape index (κ1) is 10.4. The summed E-state index contributed by atoms with van der Waals surface area (Å²) in [6.45, 7) is 5.45. The maximum atomic E-state index is 5.72. The van der Waals surface area contributed by atoms with E-state index in [4.69, 9.17) is 9.47 Å². The van der Waals surface area contributed by atoms with Gasteiger partial charge in [0.2, 0.25) is 0 Å². The summed E-state index contributed by atoms with van der Waals surface area (Å²) in [7, 11) is 0. The van der Waals surface area contributed by atoms with Gasteiger partial charge in [0, 0.05) is 16.0 Å². The van der Waals surface area contributed by atoms with Gasteiger partial charge in [-0.2, -0.15) is 0 Å². The van der Waals surface area contributed by atoms with Gasteiger partial charge in [-0.15, -0.1) is 0 Å². The van der Waals surface area contributed by atoms with E-state index in [1.165, 1.54) is 3.57 Å². The summed E-state index contributed by atoms with van der Waals surface area (Å²) in [5, 5.41) is 0. The molecule has 1 aromatic heterocycles. The van der Waals surface area contributed by atoms with Crippen molar-refractivity contribution in [2.24, 2.45) is 0 Å². The zero-order chi connectivity index (χ0) is 10.2. The third-order valence-corrected chi connectivity index (χ3v) is 2.83. The molecule has 0 radical (unpaired) electrons. The van der Waals surface area contributed by atoms with Gasteiger partial charge in [0.15, 0.2) is 5.79 Å². The van der Waals surface area contributed by atoms with Gasteiger partial charge in [-0.3, -0.25) is 0 Å². The first-order valence-corrected chi connectivity index (χ1v) is 5.76. The van der Waals surface area contributed by atoms with E-state index in [2.05, 4.69) is 45.6 Å². The number of aromatic nitrogens is 1. The molecular formula is C10H14INO2. The van der Waals surface area contributed by atoms with Crippen LogP contribution in [0.3, 0.4) is 0 Å². The highest BCUT2D eigenvalue weighted by molar-refractivity contribution is 14.1. The fourth-order valence-corrected chi connectivity index (χ4v) is 2.13. The van der Waals surface area contributed by atoms with Crippen molar-refractivity contribution in [1.82, 2.24) is 4.57 Å². The van der Waals surface area contributed by atoms with Gasteiger partial charge < -0.3 is 14.0 Å². The normalized spacial score (nSPS) is 25.5. The lowest BCUT2D eigenvalue weighted by atomic mass is 10.3. The zero-order valence-electron chi connectivity index (χ0n) is 8.37. The van der Waals surface area contributed by atoms with Crippen molar-refractivity contribution in [2.75, 3.05) is 6.61 Å². The quantitative estimate of drug-likeness (QED) is 0.782. The van der Waals surface area contributed by atoms with Gasteiger partial charge in [-0.25, -0.2) is 0 Å². The van der Waals surface area contributed by atoms with E-state index in [1.807, 2.05) is 13.8 Å². The van der Waals surface area contributed by atoms with Gasteiger partial charge in [-0.05, 0) is 42.5 Å². The minimum Gasteiger partial charge on any atom is -0.350 e. The maximum Gasteiger partial charge on any atom is 0.163 e. The molecule has 2 rings (SSSR count). The molecule has 1 aliphatic heterocycles. The summed E-state index contributed by atoms with van der Waals surface area (Å²) in [6, 6.07) is 2.08. The smallest absolute Gasteiger partial charge is 0.163 e. The molecular weight excluding hydrogens is 293 g/mol. The van der Waals surface area contributed by atoms with Crippen LogP contribution in [0.15, 0.2) is 18.5 Å². The van der Waals surface area contributed by atoms with Crippen molar-refractivity contribution in [2.45, 2.75) is 32.3 Å². The summed E-state index contributed by atoms with van der Waals surface area (Å²) in [5.74, 6) is -0.412. The number of nitrogens with zero attached hydrogens (tertiary/aromatic N) is 1. The molecule has 0 spiro atoms. The highest BCUT2D eigenvalue weighted by Crippen LogP contribution is 2.23.